The van der Waals surface area contributed by atoms with Crippen LogP contribution in [0.4, 0.5) is 5.69 Å². The molecule has 1 N–H and O–H groups in total. The fraction of sp³-hybridized carbons (Fsp3) is 0.167. The Morgan fingerprint density at radius 2 is 1.69 bits per heavy atom. The van der Waals surface area contributed by atoms with Gasteiger partial charge in [0, 0.05) is 11.3 Å². The lowest BCUT2D eigenvalue weighted by atomic mass is 10.1. The number of ether oxygens (including phenoxy) is 1. The monoisotopic (exact) mass is 402 g/mol. The molecule has 0 aliphatic heterocycles. The van der Waals surface area contributed by atoms with Gasteiger partial charge in [0.15, 0.2) is 6.61 Å². The number of fused-ring (bicyclic) bond motifs is 1. The van der Waals surface area contributed by atoms with Crippen molar-refractivity contribution in [1.82, 2.24) is 4.98 Å². The predicted octanol–water partition coefficient (Wildman–Crippen LogP) is 5.91. The zero-order chi connectivity index (χ0) is 20.4. The third-order valence-electron chi connectivity index (χ3n) is 4.66. The van der Waals surface area contributed by atoms with Gasteiger partial charge in [-0.15, -0.1) is 11.3 Å². The van der Waals surface area contributed by atoms with Crippen molar-refractivity contribution >= 4 is 33.1 Å². The van der Waals surface area contributed by atoms with Crippen LogP contribution in [0.3, 0.4) is 0 Å². The normalized spacial score (nSPS) is 10.9. The summed E-state index contributed by atoms with van der Waals surface area (Å²) in [7, 11) is 0. The Bertz CT molecular complexity index is 1180. The van der Waals surface area contributed by atoms with E-state index in [-0.39, 0.29) is 12.5 Å². The molecule has 0 atom stereocenters. The highest BCUT2D eigenvalue weighted by Crippen LogP contribution is 2.31. The average molecular weight is 403 g/mol. The van der Waals surface area contributed by atoms with Crippen LogP contribution in [-0.2, 0) is 4.79 Å². The van der Waals surface area contributed by atoms with Gasteiger partial charge in [0.1, 0.15) is 10.8 Å². The van der Waals surface area contributed by atoms with Crippen LogP contribution in [0.1, 0.15) is 16.7 Å². The molecule has 0 aliphatic carbocycles. The number of carbonyl (C=O) groups excluding carboxylic acids is 1. The van der Waals surface area contributed by atoms with Crippen molar-refractivity contribution in [1.29, 1.82) is 0 Å². The number of nitrogens with one attached hydrogen (secondary N) is 1. The Morgan fingerprint density at radius 3 is 2.48 bits per heavy atom. The van der Waals surface area contributed by atoms with Crippen molar-refractivity contribution in [2.45, 2.75) is 20.8 Å². The van der Waals surface area contributed by atoms with Crippen LogP contribution < -0.4 is 10.1 Å². The summed E-state index contributed by atoms with van der Waals surface area (Å²) in [6, 6.07) is 20.0. The van der Waals surface area contributed by atoms with E-state index >= 15 is 0 Å². The summed E-state index contributed by atoms with van der Waals surface area (Å²) in [6.07, 6.45) is 0. The number of benzene rings is 3. The maximum atomic E-state index is 12.2. The number of hydrogen-bond acceptors (Lipinski definition) is 4. The number of thiazole rings is 1. The first-order valence-electron chi connectivity index (χ1n) is 9.45. The Balaban J connectivity index is 1.40. The van der Waals surface area contributed by atoms with E-state index in [1.54, 1.807) is 11.3 Å². The smallest absolute Gasteiger partial charge is 0.262 e. The van der Waals surface area contributed by atoms with Crippen molar-refractivity contribution in [2.24, 2.45) is 0 Å². The second-order valence-corrected chi connectivity index (χ2v) is 8.20. The SMILES string of the molecule is Cc1ccc(C)c(OCC(=O)Nc2ccc(-c3nc4ccc(C)cc4s3)cc2)c1. The number of amides is 1. The van der Waals surface area contributed by atoms with Crippen molar-refractivity contribution < 1.29 is 9.53 Å². The number of nitrogens with zero attached hydrogens (tertiary/aromatic N) is 1. The second-order valence-electron chi connectivity index (χ2n) is 7.17. The van der Waals surface area contributed by atoms with Gasteiger partial charge in [0.2, 0.25) is 0 Å². The summed E-state index contributed by atoms with van der Waals surface area (Å²) in [5.74, 6) is 0.552. The van der Waals surface area contributed by atoms with Crippen molar-refractivity contribution in [3.05, 3.63) is 77.4 Å². The van der Waals surface area contributed by atoms with Gasteiger partial charge >= 0.3 is 0 Å². The van der Waals surface area contributed by atoms with E-state index in [0.29, 0.717) is 0 Å². The van der Waals surface area contributed by atoms with E-state index in [0.717, 1.165) is 38.7 Å². The molecule has 0 unspecified atom stereocenters. The summed E-state index contributed by atoms with van der Waals surface area (Å²) >= 11 is 1.67. The molecule has 3 aromatic carbocycles. The highest BCUT2D eigenvalue weighted by atomic mass is 32.1. The molecule has 4 nitrogen and oxygen atoms in total. The van der Waals surface area contributed by atoms with Crippen LogP contribution in [0.15, 0.2) is 60.7 Å². The fourth-order valence-electron chi connectivity index (χ4n) is 3.05. The Kier molecular flexibility index (Phi) is 5.32. The minimum Gasteiger partial charge on any atom is -0.483 e. The molecule has 146 valence electrons. The number of aromatic nitrogens is 1. The standard InChI is InChI=1S/C24H22N2O2S/c1-15-4-6-17(3)21(12-15)28-14-23(27)25-19-9-7-18(8-10-19)24-26-20-11-5-16(2)13-22(20)29-24/h4-13H,14H2,1-3H3,(H,25,27). The zero-order valence-electron chi connectivity index (χ0n) is 16.7. The van der Waals surface area contributed by atoms with Gasteiger partial charge < -0.3 is 10.1 Å². The molecule has 1 aromatic heterocycles. The highest BCUT2D eigenvalue weighted by molar-refractivity contribution is 7.21. The van der Waals surface area contributed by atoms with Gasteiger partial charge in [-0.1, -0.05) is 18.2 Å². The molecule has 1 heterocycles. The molecule has 4 aromatic rings. The van der Waals surface area contributed by atoms with Crippen molar-refractivity contribution in [3.63, 3.8) is 0 Å². The maximum absolute atomic E-state index is 12.2. The Labute approximate surface area is 174 Å². The lowest BCUT2D eigenvalue weighted by Gasteiger charge is -2.10. The Morgan fingerprint density at radius 1 is 0.966 bits per heavy atom. The summed E-state index contributed by atoms with van der Waals surface area (Å²) < 4.78 is 6.85. The largest absolute Gasteiger partial charge is 0.483 e. The molecule has 29 heavy (non-hydrogen) atoms. The third-order valence-corrected chi connectivity index (χ3v) is 5.73. The highest BCUT2D eigenvalue weighted by Gasteiger charge is 2.09. The summed E-state index contributed by atoms with van der Waals surface area (Å²) in [6.45, 7) is 6.03. The molecule has 0 bridgehead atoms. The van der Waals surface area contributed by atoms with Gasteiger partial charge in [0.25, 0.3) is 5.91 Å². The third kappa shape index (κ3) is 4.46. The van der Waals surface area contributed by atoms with Gasteiger partial charge in [0.05, 0.1) is 10.2 Å². The quantitative estimate of drug-likeness (QED) is 0.452. The Hall–Kier alpha value is -3.18. The first kappa shape index (κ1) is 19.2. The van der Waals surface area contributed by atoms with Crippen LogP contribution in [0.2, 0.25) is 0 Å². The molecule has 0 radical (unpaired) electrons. The minimum absolute atomic E-state index is 0.0245. The van der Waals surface area contributed by atoms with E-state index in [4.69, 9.17) is 9.72 Å². The van der Waals surface area contributed by atoms with E-state index in [1.165, 1.54) is 10.3 Å². The van der Waals surface area contributed by atoms with E-state index in [9.17, 15) is 4.79 Å². The average Bonchev–Trinajstić information content (AvgIpc) is 3.12. The molecule has 4 rings (SSSR count). The molecule has 5 heteroatoms. The fourth-order valence-corrected chi connectivity index (χ4v) is 4.12. The summed E-state index contributed by atoms with van der Waals surface area (Å²) in [5.41, 5.74) is 6.13. The zero-order valence-corrected chi connectivity index (χ0v) is 17.5. The molecule has 0 spiro atoms. The molecule has 0 aliphatic rings. The lowest BCUT2D eigenvalue weighted by Crippen LogP contribution is -2.20. The van der Waals surface area contributed by atoms with Crippen LogP contribution in [0.25, 0.3) is 20.8 Å². The lowest BCUT2D eigenvalue weighted by molar-refractivity contribution is -0.118. The second kappa shape index (κ2) is 8.05. The summed E-state index contributed by atoms with van der Waals surface area (Å²) in [5, 5.41) is 3.85. The van der Waals surface area contributed by atoms with Gasteiger partial charge in [-0.05, 0) is 79.9 Å². The minimum atomic E-state index is -0.186. The predicted molar refractivity (Wildman–Crippen MR) is 120 cm³/mol. The number of hydrogen-bond donors (Lipinski definition) is 1. The number of aryl methyl sites for hydroxylation is 3. The molecule has 0 fully saturated rings. The van der Waals surface area contributed by atoms with E-state index in [1.807, 2.05) is 56.3 Å². The van der Waals surface area contributed by atoms with Gasteiger partial charge in [-0.2, -0.15) is 0 Å². The van der Waals surface area contributed by atoms with Crippen molar-refractivity contribution in [2.75, 3.05) is 11.9 Å². The molecule has 0 saturated carbocycles. The number of rotatable bonds is 5. The van der Waals surface area contributed by atoms with Crippen LogP contribution in [0, 0.1) is 20.8 Å². The molecule has 1 amide bonds. The molecular weight excluding hydrogens is 380 g/mol. The van der Waals surface area contributed by atoms with Crippen LogP contribution >= 0.6 is 11.3 Å². The molecular formula is C24H22N2O2S. The molecule has 0 saturated heterocycles. The van der Waals surface area contributed by atoms with Gasteiger partial charge in [-0.3, -0.25) is 4.79 Å². The van der Waals surface area contributed by atoms with E-state index in [2.05, 4.69) is 30.4 Å². The van der Waals surface area contributed by atoms with E-state index < -0.39 is 0 Å². The number of carbonyl (C=O) groups is 1. The number of anilines is 1. The van der Waals surface area contributed by atoms with Crippen molar-refractivity contribution in [3.8, 4) is 16.3 Å². The van der Waals surface area contributed by atoms with Crippen LogP contribution in [-0.4, -0.2) is 17.5 Å². The first-order valence-corrected chi connectivity index (χ1v) is 10.3. The maximum Gasteiger partial charge on any atom is 0.262 e. The van der Waals surface area contributed by atoms with Gasteiger partial charge in [-0.25, -0.2) is 4.98 Å². The summed E-state index contributed by atoms with van der Waals surface area (Å²) in [4.78, 5) is 16.9. The van der Waals surface area contributed by atoms with Crippen LogP contribution in [0.5, 0.6) is 5.75 Å². The first-order chi connectivity index (χ1) is 14.0. The topological polar surface area (TPSA) is 51.2 Å².